The van der Waals surface area contributed by atoms with Gasteiger partial charge in [0.25, 0.3) is 0 Å². The number of carbonyl (C=O) groups is 1. The summed E-state index contributed by atoms with van der Waals surface area (Å²) < 4.78 is 5.33. The van der Waals surface area contributed by atoms with Gasteiger partial charge in [-0.2, -0.15) is 15.8 Å². The second-order valence-electron chi connectivity index (χ2n) is 5.96. The van der Waals surface area contributed by atoms with Gasteiger partial charge in [-0.1, -0.05) is 13.8 Å². The van der Waals surface area contributed by atoms with Crippen LogP contribution in [0.15, 0.2) is 23.6 Å². The van der Waals surface area contributed by atoms with E-state index in [2.05, 4.69) is 6.07 Å². The molecule has 120 valence electrons. The summed E-state index contributed by atoms with van der Waals surface area (Å²) >= 11 is 0. The van der Waals surface area contributed by atoms with Gasteiger partial charge in [0.2, 0.25) is 0 Å². The Balaban J connectivity index is 3.57. The third kappa shape index (κ3) is 2.35. The highest BCUT2D eigenvalue weighted by atomic mass is 16.5. The molecule has 1 aliphatic rings. The minimum atomic E-state index is -1.73. The van der Waals surface area contributed by atoms with Crippen LogP contribution >= 0.6 is 0 Å². The average molecular weight is 312 g/mol. The Morgan fingerprint density at radius 2 is 1.78 bits per heavy atom. The van der Waals surface area contributed by atoms with E-state index in [1.54, 1.807) is 19.9 Å². The molecule has 0 saturated carbocycles. The van der Waals surface area contributed by atoms with Gasteiger partial charge in [0.1, 0.15) is 11.7 Å². The van der Waals surface area contributed by atoms with Gasteiger partial charge >= 0.3 is 0 Å². The van der Waals surface area contributed by atoms with Gasteiger partial charge < -0.3 is 10.5 Å². The van der Waals surface area contributed by atoms with Crippen LogP contribution in [0.2, 0.25) is 0 Å². The lowest BCUT2D eigenvalue weighted by Crippen LogP contribution is -2.46. The summed E-state index contributed by atoms with van der Waals surface area (Å²) in [6.07, 6.45) is 3.52. The van der Waals surface area contributed by atoms with Crippen molar-refractivity contribution in [1.29, 1.82) is 15.8 Å². The minimum Gasteiger partial charge on any atom is -0.499 e. The number of carbonyl (C=O) groups excluding carboxylic acids is 1. The molecule has 0 bridgehead atoms. The topological polar surface area (TPSA) is 124 Å². The van der Waals surface area contributed by atoms with Crippen LogP contribution in [0, 0.1) is 56.7 Å². The van der Waals surface area contributed by atoms with Gasteiger partial charge in [-0.05, 0) is 19.9 Å². The van der Waals surface area contributed by atoms with Gasteiger partial charge in [-0.25, -0.2) is 0 Å². The van der Waals surface area contributed by atoms with E-state index in [1.807, 2.05) is 26.0 Å². The molecule has 2 N–H and O–H groups in total. The molecule has 0 aromatic carbocycles. The highest BCUT2D eigenvalue weighted by molar-refractivity contribution is 5.79. The van der Waals surface area contributed by atoms with Crippen molar-refractivity contribution in [2.45, 2.75) is 33.8 Å². The fraction of sp³-hybridized carbons (Fsp3) is 0.529. The molecule has 0 radical (unpaired) electrons. The van der Waals surface area contributed by atoms with Crippen molar-refractivity contribution in [3.05, 3.63) is 23.6 Å². The zero-order chi connectivity index (χ0) is 17.8. The second kappa shape index (κ2) is 6.55. The summed E-state index contributed by atoms with van der Waals surface area (Å²) in [5, 5.41) is 29.2. The molecule has 0 fully saturated rings. The van der Waals surface area contributed by atoms with Crippen LogP contribution in [0.3, 0.4) is 0 Å². The molecule has 3 atom stereocenters. The first-order valence-electron chi connectivity index (χ1n) is 7.30. The molecule has 1 aliphatic carbocycles. The molecular weight excluding hydrogens is 292 g/mol. The molecule has 3 unspecified atom stereocenters. The fourth-order valence-corrected chi connectivity index (χ4v) is 3.13. The minimum absolute atomic E-state index is 0.00713. The largest absolute Gasteiger partial charge is 0.499 e. The number of nitrogens with zero attached hydrogens (tertiary/aromatic N) is 3. The Morgan fingerprint density at radius 1 is 1.22 bits per heavy atom. The summed E-state index contributed by atoms with van der Waals surface area (Å²) in [4.78, 5) is 11.4. The van der Waals surface area contributed by atoms with Crippen molar-refractivity contribution >= 4 is 6.29 Å². The molecule has 0 aromatic rings. The fourth-order valence-electron chi connectivity index (χ4n) is 3.13. The summed E-state index contributed by atoms with van der Waals surface area (Å²) in [5.41, 5.74) is 2.87. The van der Waals surface area contributed by atoms with E-state index in [0.29, 0.717) is 6.29 Å². The van der Waals surface area contributed by atoms with E-state index >= 15 is 0 Å². The summed E-state index contributed by atoms with van der Waals surface area (Å²) in [7, 11) is 0. The van der Waals surface area contributed by atoms with Gasteiger partial charge in [0, 0.05) is 23.1 Å². The molecule has 6 nitrogen and oxygen atoms in total. The molecule has 23 heavy (non-hydrogen) atoms. The highest BCUT2D eigenvalue weighted by Crippen LogP contribution is 2.60. The molecule has 0 amide bonds. The Labute approximate surface area is 136 Å². The number of nitrogens with two attached hydrogens (primary N) is 1. The standard InChI is InChI=1S/C17H20N4O2/c1-11(2)23-6-5-12(3)17(10-20)15(21)14(7-22)13(4)16(17,8-18)9-19/h5-7,11-13H,21H2,1-4H3/b6-5+. The molecule has 0 aromatic heterocycles. The Hall–Kier alpha value is -2.78. The molecule has 0 heterocycles. The summed E-state index contributed by atoms with van der Waals surface area (Å²) in [5.74, 6) is -1.35. The highest BCUT2D eigenvalue weighted by Gasteiger charge is 2.66. The van der Waals surface area contributed by atoms with Gasteiger partial charge in [-0.15, -0.1) is 0 Å². The number of rotatable bonds is 5. The van der Waals surface area contributed by atoms with E-state index in [4.69, 9.17) is 10.5 Å². The summed E-state index contributed by atoms with van der Waals surface area (Å²) in [6.45, 7) is 6.95. The van der Waals surface area contributed by atoms with Crippen molar-refractivity contribution in [2.24, 2.45) is 28.4 Å². The van der Waals surface area contributed by atoms with Crippen LogP contribution in [0.1, 0.15) is 27.7 Å². The van der Waals surface area contributed by atoms with E-state index in [9.17, 15) is 20.6 Å². The van der Waals surface area contributed by atoms with Crippen LogP contribution in [0.25, 0.3) is 0 Å². The second-order valence-corrected chi connectivity index (χ2v) is 5.96. The summed E-state index contributed by atoms with van der Waals surface area (Å²) in [6, 6.07) is 5.97. The monoisotopic (exact) mass is 312 g/mol. The third-order valence-corrected chi connectivity index (χ3v) is 4.53. The number of nitriles is 3. The third-order valence-electron chi connectivity index (χ3n) is 4.53. The maximum absolute atomic E-state index is 11.4. The SMILES string of the molecule is CC(C)O/C=C/C(C)C1(C#N)C(N)=C(C=O)C(C)C1(C#N)C#N. The van der Waals surface area contributed by atoms with Crippen LogP contribution in [-0.2, 0) is 9.53 Å². The molecule has 0 saturated heterocycles. The van der Waals surface area contributed by atoms with Crippen molar-refractivity contribution in [3.8, 4) is 18.2 Å². The van der Waals surface area contributed by atoms with E-state index in [-0.39, 0.29) is 17.4 Å². The van der Waals surface area contributed by atoms with Crippen LogP contribution in [0.5, 0.6) is 0 Å². The molecule has 1 rings (SSSR count). The number of hydrogen-bond donors (Lipinski definition) is 1. The number of ether oxygens (including phenoxy) is 1. The normalized spacial score (nSPS) is 27.3. The lowest BCUT2D eigenvalue weighted by Gasteiger charge is -2.37. The lowest BCUT2D eigenvalue weighted by molar-refractivity contribution is -0.105. The van der Waals surface area contributed by atoms with E-state index in [0.717, 1.165) is 0 Å². The Morgan fingerprint density at radius 3 is 2.17 bits per heavy atom. The maximum Gasteiger partial charge on any atom is 0.175 e. The molecule has 0 aliphatic heterocycles. The van der Waals surface area contributed by atoms with Gasteiger partial charge in [0.05, 0.1) is 30.6 Å². The zero-order valence-electron chi connectivity index (χ0n) is 13.7. The first kappa shape index (κ1) is 18.3. The first-order chi connectivity index (χ1) is 10.8. The van der Waals surface area contributed by atoms with Crippen molar-refractivity contribution < 1.29 is 9.53 Å². The molecule has 0 spiro atoms. The lowest BCUT2D eigenvalue weighted by atomic mass is 9.58. The predicted octanol–water partition coefficient (Wildman–Crippen LogP) is 2.17. The van der Waals surface area contributed by atoms with Crippen molar-refractivity contribution in [2.75, 3.05) is 0 Å². The van der Waals surface area contributed by atoms with E-state index < -0.39 is 22.7 Å². The molecule has 6 heteroatoms. The van der Waals surface area contributed by atoms with Crippen LogP contribution < -0.4 is 5.73 Å². The van der Waals surface area contributed by atoms with Crippen LogP contribution in [-0.4, -0.2) is 12.4 Å². The van der Waals surface area contributed by atoms with Crippen LogP contribution in [0.4, 0.5) is 0 Å². The van der Waals surface area contributed by atoms with Gasteiger partial charge in [0.15, 0.2) is 5.41 Å². The number of allylic oxidation sites excluding steroid dienone is 3. The smallest absolute Gasteiger partial charge is 0.175 e. The van der Waals surface area contributed by atoms with Crippen molar-refractivity contribution in [1.82, 2.24) is 0 Å². The Kier molecular flexibility index (Phi) is 5.20. The number of aldehydes is 1. The Bertz CT molecular complexity index is 658. The maximum atomic E-state index is 11.4. The molecular formula is C17H20N4O2. The van der Waals surface area contributed by atoms with Crippen molar-refractivity contribution in [3.63, 3.8) is 0 Å². The zero-order valence-corrected chi connectivity index (χ0v) is 13.7. The average Bonchev–Trinajstić information content (AvgIpc) is 2.70. The predicted molar refractivity (Wildman–Crippen MR) is 82.7 cm³/mol. The van der Waals surface area contributed by atoms with Gasteiger partial charge in [-0.3, -0.25) is 4.79 Å². The quantitative estimate of drug-likeness (QED) is 0.612. The number of hydrogen-bond acceptors (Lipinski definition) is 6. The first-order valence-corrected chi connectivity index (χ1v) is 7.30. The van der Waals surface area contributed by atoms with E-state index in [1.165, 1.54) is 6.26 Å².